The van der Waals surface area contributed by atoms with Gasteiger partial charge in [-0.05, 0) is 54.6 Å². The summed E-state index contributed by atoms with van der Waals surface area (Å²) in [6.45, 7) is 0. The minimum atomic E-state index is 0.176. The zero-order valence-electron chi connectivity index (χ0n) is 20.5. The summed E-state index contributed by atoms with van der Waals surface area (Å²) in [5.41, 5.74) is 5.86. The maximum absolute atomic E-state index is 10.6. The van der Waals surface area contributed by atoms with E-state index in [1.54, 1.807) is 18.3 Å². The van der Waals surface area contributed by atoms with Crippen LogP contribution in [0.5, 0.6) is 5.75 Å². The van der Waals surface area contributed by atoms with E-state index in [-0.39, 0.29) is 5.75 Å². The van der Waals surface area contributed by atoms with Crippen LogP contribution < -0.4 is 4.90 Å². The zero-order chi connectivity index (χ0) is 25.7. The van der Waals surface area contributed by atoms with Crippen LogP contribution in [0, 0.1) is 0 Å². The van der Waals surface area contributed by atoms with Crippen LogP contribution in [0.15, 0.2) is 140 Å². The monoisotopic (exact) mass is 492 g/mol. The number of pyridine rings is 1. The fraction of sp³-hybridized carbons (Fsp3) is 0. The molecule has 0 amide bonds. The van der Waals surface area contributed by atoms with Crippen LogP contribution >= 0.6 is 0 Å². The van der Waals surface area contributed by atoms with Crippen LogP contribution in [-0.2, 0) is 0 Å². The Hall–Kier alpha value is -5.29. The number of benzene rings is 4. The van der Waals surface area contributed by atoms with Gasteiger partial charge in [-0.3, -0.25) is 4.90 Å². The van der Waals surface area contributed by atoms with Gasteiger partial charge in [0.05, 0.1) is 11.4 Å². The van der Waals surface area contributed by atoms with Crippen molar-refractivity contribution in [2.45, 2.75) is 0 Å². The van der Waals surface area contributed by atoms with Crippen LogP contribution in [-0.4, -0.2) is 20.1 Å². The summed E-state index contributed by atoms with van der Waals surface area (Å²) in [6.07, 6.45) is 1.79. The van der Waals surface area contributed by atoms with Crippen molar-refractivity contribution in [1.82, 2.24) is 15.0 Å². The summed E-state index contributed by atoms with van der Waals surface area (Å²) >= 11 is 0. The van der Waals surface area contributed by atoms with Gasteiger partial charge in [0.2, 0.25) is 0 Å². The SMILES string of the molecule is Oc1ccccc1-c1cc(-c2ccccc2)nc(-c2cccc(N(c3ccccc3)c3ccccn3)c2)n1. The molecule has 0 bridgehead atoms. The molecule has 0 fully saturated rings. The van der Waals surface area contributed by atoms with E-state index < -0.39 is 0 Å². The molecule has 0 saturated heterocycles. The highest BCUT2D eigenvalue weighted by atomic mass is 16.3. The molecule has 1 N–H and O–H groups in total. The highest BCUT2D eigenvalue weighted by molar-refractivity contribution is 5.79. The highest BCUT2D eigenvalue weighted by Gasteiger charge is 2.16. The summed E-state index contributed by atoms with van der Waals surface area (Å²) in [6, 6.07) is 43.3. The molecule has 6 rings (SSSR count). The predicted molar refractivity (Wildman–Crippen MR) is 152 cm³/mol. The maximum Gasteiger partial charge on any atom is 0.160 e. The quantitative estimate of drug-likeness (QED) is 0.255. The van der Waals surface area contributed by atoms with Crippen molar-refractivity contribution in [3.8, 4) is 39.7 Å². The minimum Gasteiger partial charge on any atom is -0.507 e. The summed E-state index contributed by atoms with van der Waals surface area (Å²) in [5.74, 6) is 1.56. The van der Waals surface area contributed by atoms with Crippen molar-refractivity contribution in [2.24, 2.45) is 0 Å². The van der Waals surface area contributed by atoms with Gasteiger partial charge in [-0.15, -0.1) is 0 Å². The van der Waals surface area contributed by atoms with E-state index in [0.29, 0.717) is 17.1 Å². The highest BCUT2D eigenvalue weighted by Crippen LogP contribution is 2.36. The normalized spacial score (nSPS) is 10.7. The van der Waals surface area contributed by atoms with Crippen LogP contribution in [0.25, 0.3) is 33.9 Å². The van der Waals surface area contributed by atoms with E-state index in [9.17, 15) is 5.11 Å². The summed E-state index contributed by atoms with van der Waals surface area (Å²) in [4.78, 5) is 16.6. The standard InChI is InChI=1S/C33H24N4O/c38-31-19-8-7-18-28(31)30-23-29(24-12-3-1-4-13-24)35-33(36-30)25-14-11-17-27(22-25)37(26-15-5-2-6-16-26)32-20-9-10-21-34-32/h1-23,38H. The number of hydrogen-bond donors (Lipinski definition) is 1. The lowest BCUT2D eigenvalue weighted by Gasteiger charge is -2.24. The molecule has 5 nitrogen and oxygen atoms in total. The number of phenolic OH excluding ortho intramolecular Hbond substituents is 1. The van der Waals surface area contributed by atoms with Gasteiger partial charge < -0.3 is 5.11 Å². The van der Waals surface area contributed by atoms with E-state index >= 15 is 0 Å². The van der Waals surface area contributed by atoms with Crippen molar-refractivity contribution < 1.29 is 5.11 Å². The second-order valence-electron chi connectivity index (χ2n) is 8.75. The van der Waals surface area contributed by atoms with Crippen LogP contribution in [0.2, 0.25) is 0 Å². The van der Waals surface area contributed by atoms with Gasteiger partial charge in [0.15, 0.2) is 5.82 Å². The second kappa shape index (κ2) is 10.4. The number of nitrogens with zero attached hydrogens (tertiary/aromatic N) is 4. The molecule has 6 aromatic rings. The Balaban J connectivity index is 1.51. The number of para-hydroxylation sites is 2. The van der Waals surface area contributed by atoms with E-state index in [2.05, 4.69) is 34.1 Å². The predicted octanol–water partition coefficient (Wildman–Crippen LogP) is 8.05. The largest absolute Gasteiger partial charge is 0.507 e. The van der Waals surface area contributed by atoms with E-state index in [4.69, 9.17) is 9.97 Å². The minimum absolute atomic E-state index is 0.176. The van der Waals surface area contributed by atoms with Crippen molar-refractivity contribution in [2.75, 3.05) is 4.90 Å². The van der Waals surface area contributed by atoms with Gasteiger partial charge in [-0.25, -0.2) is 15.0 Å². The van der Waals surface area contributed by atoms with Crippen molar-refractivity contribution in [3.63, 3.8) is 0 Å². The molecule has 182 valence electrons. The molecule has 0 unspecified atom stereocenters. The Morgan fingerprint density at radius 1 is 0.526 bits per heavy atom. The smallest absolute Gasteiger partial charge is 0.160 e. The first-order valence-electron chi connectivity index (χ1n) is 12.4. The summed E-state index contributed by atoms with van der Waals surface area (Å²) in [7, 11) is 0. The topological polar surface area (TPSA) is 62.1 Å². The third-order valence-electron chi connectivity index (χ3n) is 6.23. The van der Waals surface area contributed by atoms with Crippen molar-refractivity contribution >= 4 is 17.2 Å². The molecular weight excluding hydrogens is 468 g/mol. The Bertz CT molecular complexity index is 1630. The Labute approximate surface area is 221 Å². The molecule has 4 aromatic carbocycles. The molecule has 0 aliphatic rings. The summed E-state index contributed by atoms with van der Waals surface area (Å²) < 4.78 is 0. The average molecular weight is 493 g/mol. The number of hydrogen-bond acceptors (Lipinski definition) is 5. The molecule has 0 spiro atoms. The lowest BCUT2D eigenvalue weighted by molar-refractivity contribution is 0.477. The number of aromatic hydroxyl groups is 1. The summed E-state index contributed by atoms with van der Waals surface area (Å²) in [5, 5.41) is 10.6. The van der Waals surface area contributed by atoms with E-state index in [1.165, 1.54) is 0 Å². The van der Waals surface area contributed by atoms with Crippen molar-refractivity contribution in [3.05, 3.63) is 140 Å². The van der Waals surface area contributed by atoms with Crippen molar-refractivity contribution in [1.29, 1.82) is 0 Å². The average Bonchev–Trinajstić information content (AvgIpc) is 2.99. The fourth-order valence-electron chi connectivity index (χ4n) is 4.42. The number of rotatable bonds is 6. The lowest BCUT2D eigenvalue weighted by atomic mass is 10.1. The first-order chi connectivity index (χ1) is 18.8. The number of phenols is 1. The Morgan fingerprint density at radius 3 is 1.95 bits per heavy atom. The second-order valence-corrected chi connectivity index (χ2v) is 8.75. The molecule has 2 aromatic heterocycles. The fourth-order valence-corrected chi connectivity index (χ4v) is 4.42. The van der Waals surface area contributed by atoms with Gasteiger partial charge in [0, 0.05) is 34.3 Å². The Kier molecular flexibility index (Phi) is 6.31. The molecule has 2 heterocycles. The molecule has 38 heavy (non-hydrogen) atoms. The van der Waals surface area contributed by atoms with Crippen LogP contribution in [0.1, 0.15) is 0 Å². The number of aromatic nitrogens is 3. The number of anilines is 3. The molecular formula is C33H24N4O. The molecule has 0 aliphatic heterocycles. The lowest BCUT2D eigenvalue weighted by Crippen LogP contribution is -2.11. The molecule has 0 saturated carbocycles. The van der Waals surface area contributed by atoms with E-state index in [0.717, 1.165) is 34.0 Å². The Morgan fingerprint density at radius 2 is 1.18 bits per heavy atom. The van der Waals surface area contributed by atoms with Gasteiger partial charge in [-0.2, -0.15) is 0 Å². The third-order valence-corrected chi connectivity index (χ3v) is 6.23. The van der Waals surface area contributed by atoms with Crippen LogP contribution in [0.4, 0.5) is 17.2 Å². The molecule has 0 aliphatic carbocycles. The van der Waals surface area contributed by atoms with Gasteiger partial charge in [-0.1, -0.05) is 78.9 Å². The maximum atomic E-state index is 10.6. The zero-order valence-corrected chi connectivity index (χ0v) is 20.5. The van der Waals surface area contributed by atoms with Gasteiger partial charge in [0.1, 0.15) is 11.6 Å². The van der Waals surface area contributed by atoms with E-state index in [1.807, 2.05) is 97.1 Å². The molecule has 5 heteroatoms. The first-order valence-corrected chi connectivity index (χ1v) is 12.4. The first kappa shape index (κ1) is 23.1. The van der Waals surface area contributed by atoms with Crippen LogP contribution in [0.3, 0.4) is 0 Å². The van der Waals surface area contributed by atoms with Gasteiger partial charge in [0.25, 0.3) is 0 Å². The molecule has 0 radical (unpaired) electrons. The van der Waals surface area contributed by atoms with Gasteiger partial charge >= 0.3 is 0 Å². The third kappa shape index (κ3) is 4.73. The molecule has 0 atom stereocenters.